The van der Waals surface area contributed by atoms with Crippen molar-refractivity contribution in [1.82, 2.24) is 4.98 Å². The van der Waals surface area contributed by atoms with Gasteiger partial charge in [0.1, 0.15) is 0 Å². The topological polar surface area (TPSA) is 85.1 Å². The highest BCUT2D eigenvalue weighted by atomic mass is 16.2. The molecule has 2 amide bonds. The first-order chi connectivity index (χ1) is 14.1. The number of pyridine rings is 1. The second kappa shape index (κ2) is 7.56. The van der Waals surface area contributed by atoms with E-state index in [4.69, 9.17) is 10.7 Å². The lowest BCUT2D eigenvalue weighted by atomic mass is 9.97. The molecule has 0 aliphatic rings. The summed E-state index contributed by atoms with van der Waals surface area (Å²) in [7, 11) is 0. The molecule has 0 spiro atoms. The Morgan fingerprint density at radius 2 is 1.52 bits per heavy atom. The molecule has 0 saturated heterocycles. The van der Waals surface area contributed by atoms with Crippen molar-refractivity contribution >= 4 is 28.4 Å². The number of aromatic nitrogens is 1. The van der Waals surface area contributed by atoms with E-state index in [1.807, 2.05) is 61.5 Å². The number of nitrogens with zero attached hydrogens (tertiary/aromatic N) is 1. The van der Waals surface area contributed by atoms with E-state index in [1.165, 1.54) is 0 Å². The highest BCUT2D eigenvalue weighted by molar-refractivity contribution is 6.16. The fraction of sp³-hybridized carbons (Fsp3) is 0.0417. The van der Waals surface area contributed by atoms with Crippen LogP contribution < -0.4 is 11.1 Å². The number of carbonyl (C=O) groups is 2. The van der Waals surface area contributed by atoms with Crippen LogP contribution in [0.2, 0.25) is 0 Å². The third kappa shape index (κ3) is 3.46. The Labute approximate surface area is 168 Å². The predicted octanol–water partition coefficient (Wildman–Crippen LogP) is 4.56. The van der Waals surface area contributed by atoms with E-state index < -0.39 is 5.91 Å². The van der Waals surface area contributed by atoms with Gasteiger partial charge in [-0.2, -0.15) is 0 Å². The zero-order chi connectivity index (χ0) is 20.4. The molecule has 5 nitrogen and oxygen atoms in total. The number of benzene rings is 3. The molecule has 3 N–H and O–H groups in total. The van der Waals surface area contributed by atoms with Crippen LogP contribution in [-0.4, -0.2) is 16.8 Å². The summed E-state index contributed by atoms with van der Waals surface area (Å²) in [6, 6.07) is 24.0. The molecule has 0 bridgehead atoms. The lowest BCUT2D eigenvalue weighted by molar-refractivity contribution is 0.100. The Bertz CT molecular complexity index is 1230. The standard InChI is InChI=1S/C24H19N3O2/c1-15-21(24(29)27-20-14-8-6-12-18(20)23(25)28)17-11-5-7-13-19(17)26-22(15)16-9-3-2-4-10-16/h2-14H,1H3,(H2,25,28)(H,27,29). The van der Waals surface area contributed by atoms with E-state index in [0.29, 0.717) is 11.3 Å². The molecule has 0 aliphatic carbocycles. The van der Waals surface area contributed by atoms with Crippen LogP contribution in [-0.2, 0) is 0 Å². The van der Waals surface area contributed by atoms with Gasteiger partial charge in [0, 0.05) is 10.9 Å². The Hall–Kier alpha value is -3.99. The average molecular weight is 381 g/mol. The lowest BCUT2D eigenvalue weighted by Gasteiger charge is -2.15. The van der Waals surface area contributed by atoms with E-state index in [0.717, 1.165) is 27.7 Å². The molecule has 0 saturated carbocycles. The van der Waals surface area contributed by atoms with Crippen LogP contribution in [0.3, 0.4) is 0 Å². The van der Waals surface area contributed by atoms with Gasteiger partial charge in [0.15, 0.2) is 0 Å². The molecule has 0 unspecified atom stereocenters. The van der Waals surface area contributed by atoms with Gasteiger partial charge in [0.05, 0.1) is 28.0 Å². The molecule has 5 heteroatoms. The number of primary amides is 1. The summed E-state index contributed by atoms with van der Waals surface area (Å²) in [5.41, 5.74) is 9.79. The molecule has 3 aromatic carbocycles. The van der Waals surface area contributed by atoms with Gasteiger partial charge in [-0.3, -0.25) is 9.59 Å². The van der Waals surface area contributed by atoms with Crippen molar-refractivity contribution in [1.29, 1.82) is 0 Å². The highest BCUT2D eigenvalue weighted by Gasteiger charge is 2.20. The van der Waals surface area contributed by atoms with Crippen LogP contribution in [0.1, 0.15) is 26.3 Å². The van der Waals surface area contributed by atoms with Crippen LogP contribution >= 0.6 is 0 Å². The lowest BCUT2D eigenvalue weighted by Crippen LogP contribution is -2.19. The molecular weight excluding hydrogens is 362 g/mol. The first-order valence-electron chi connectivity index (χ1n) is 9.21. The molecule has 1 heterocycles. The van der Waals surface area contributed by atoms with Crippen LogP contribution in [0.5, 0.6) is 0 Å². The first kappa shape index (κ1) is 18.4. The Morgan fingerprint density at radius 3 is 2.28 bits per heavy atom. The number of hydrogen-bond donors (Lipinski definition) is 2. The molecule has 0 atom stereocenters. The number of anilines is 1. The Morgan fingerprint density at radius 1 is 0.862 bits per heavy atom. The normalized spacial score (nSPS) is 10.7. The largest absolute Gasteiger partial charge is 0.366 e. The maximum absolute atomic E-state index is 13.3. The molecule has 1 aromatic heterocycles. The van der Waals surface area contributed by atoms with Crippen molar-refractivity contribution in [2.45, 2.75) is 6.92 Å². The molecule has 4 rings (SSSR count). The van der Waals surface area contributed by atoms with Gasteiger partial charge in [0.25, 0.3) is 11.8 Å². The van der Waals surface area contributed by atoms with Crippen molar-refractivity contribution in [2.24, 2.45) is 5.73 Å². The van der Waals surface area contributed by atoms with Gasteiger partial charge in [0.2, 0.25) is 0 Å². The van der Waals surface area contributed by atoms with Gasteiger partial charge >= 0.3 is 0 Å². The fourth-order valence-corrected chi connectivity index (χ4v) is 3.47. The van der Waals surface area contributed by atoms with Crippen molar-refractivity contribution in [3.05, 3.63) is 95.6 Å². The second-order valence-corrected chi connectivity index (χ2v) is 6.71. The van der Waals surface area contributed by atoms with Gasteiger partial charge in [-0.25, -0.2) is 4.98 Å². The predicted molar refractivity (Wildman–Crippen MR) is 115 cm³/mol. The summed E-state index contributed by atoms with van der Waals surface area (Å²) in [5, 5.41) is 3.60. The van der Waals surface area contributed by atoms with Crippen LogP contribution in [0.25, 0.3) is 22.2 Å². The van der Waals surface area contributed by atoms with E-state index in [1.54, 1.807) is 24.3 Å². The third-order valence-corrected chi connectivity index (χ3v) is 4.85. The maximum Gasteiger partial charge on any atom is 0.256 e. The van der Waals surface area contributed by atoms with Crippen molar-refractivity contribution in [3.8, 4) is 11.3 Å². The zero-order valence-corrected chi connectivity index (χ0v) is 15.8. The van der Waals surface area contributed by atoms with Crippen molar-refractivity contribution in [2.75, 3.05) is 5.32 Å². The van der Waals surface area contributed by atoms with E-state index in [9.17, 15) is 9.59 Å². The van der Waals surface area contributed by atoms with Crippen LogP contribution in [0.4, 0.5) is 5.69 Å². The summed E-state index contributed by atoms with van der Waals surface area (Å²) >= 11 is 0. The summed E-state index contributed by atoms with van der Waals surface area (Å²) in [6.45, 7) is 1.89. The number of nitrogens with one attached hydrogen (secondary N) is 1. The minimum atomic E-state index is -0.595. The number of para-hydroxylation sites is 2. The Balaban J connectivity index is 1.88. The number of hydrogen-bond acceptors (Lipinski definition) is 3. The first-order valence-corrected chi connectivity index (χ1v) is 9.21. The smallest absolute Gasteiger partial charge is 0.256 e. The summed E-state index contributed by atoms with van der Waals surface area (Å²) in [6.07, 6.45) is 0. The van der Waals surface area contributed by atoms with Gasteiger partial charge in [-0.15, -0.1) is 0 Å². The second-order valence-electron chi connectivity index (χ2n) is 6.71. The highest BCUT2D eigenvalue weighted by Crippen LogP contribution is 2.30. The molecule has 0 fully saturated rings. The molecule has 0 radical (unpaired) electrons. The van der Waals surface area contributed by atoms with Crippen LogP contribution in [0, 0.1) is 6.92 Å². The third-order valence-electron chi connectivity index (χ3n) is 4.85. The molecule has 4 aromatic rings. The SMILES string of the molecule is Cc1c(-c2ccccc2)nc2ccccc2c1C(=O)Nc1ccccc1C(N)=O. The monoisotopic (exact) mass is 381 g/mol. The van der Waals surface area contributed by atoms with E-state index in [-0.39, 0.29) is 11.5 Å². The van der Waals surface area contributed by atoms with Gasteiger partial charge < -0.3 is 11.1 Å². The molecule has 142 valence electrons. The Kier molecular flexibility index (Phi) is 4.79. The fourth-order valence-electron chi connectivity index (χ4n) is 3.47. The quantitative estimate of drug-likeness (QED) is 0.543. The number of nitrogens with two attached hydrogens (primary N) is 1. The van der Waals surface area contributed by atoms with Crippen molar-refractivity contribution in [3.63, 3.8) is 0 Å². The van der Waals surface area contributed by atoms with Gasteiger partial charge in [-0.1, -0.05) is 60.7 Å². The molecular formula is C24H19N3O2. The number of carbonyl (C=O) groups excluding carboxylic acids is 2. The molecule has 29 heavy (non-hydrogen) atoms. The average Bonchev–Trinajstić information content (AvgIpc) is 2.74. The zero-order valence-electron chi connectivity index (χ0n) is 15.8. The van der Waals surface area contributed by atoms with Crippen LogP contribution in [0.15, 0.2) is 78.9 Å². The minimum Gasteiger partial charge on any atom is -0.366 e. The summed E-state index contributed by atoms with van der Waals surface area (Å²) in [5.74, 6) is -0.908. The maximum atomic E-state index is 13.3. The number of amides is 2. The summed E-state index contributed by atoms with van der Waals surface area (Å²) < 4.78 is 0. The van der Waals surface area contributed by atoms with Crippen molar-refractivity contribution < 1.29 is 9.59 Å². The van der Waals surface area contributed by atoms with E-state index >= 15 is 0 Å². The number of rotatable bonds is 4. The van der Waals surface area contributed by atoms with E-state index in [2.05, 4.69) is 5.32 Å². The molecule has 0 aliphatic heterocycles. The number of fused-ring (bicyclic) bond motifs is 1. The minimum absolute atomic E-state index is 0.264. The summed E-state index contributed by atoms with van der Waals surface area (Å²) in [4.78, 5) is 29.8. The van der Waals surface area contributed by atoms with Gasteiger partial charge in [-0.05, 0) is 30.7 Å².